The zero-order valence-corrected chi connectivity index (χ0v) is 8.66. The molecule has 0 radical (unpaired) electrons. The third kappa shape index (κ3) is 3.45. The van der Waals surface area contributed by atoms with E-state index in [0.29, 0.717) is 5.01 Å². The average molecular weight is 265 g/mol. The van der Waals surface area contributed by atoms with Gasteiger partial charge >= 0.3 is 12.3 Å². The van der Waals surface area contributed by atoms with Crippen molar-refractivity contribution < 1.29 is 22.3 Å². The average Bonchev–Trinajstić information content (AvgIpc) is 2.62. The maximum absolute atomic E-state index is 12.4. The Balaban J connectivity index is 2.50. The van der Waals surface area contributed by atoms with Gasteiger partial charge in [0.25, 0.3) is 5.19 Å². The van der Waals surface area contributed by atoms with Crippen molar-refractivity contribution in [3.05, 3.63) is 5.01 Å². The van der Waals surface area contributed by atoms with Crippen LogP contribution in [0.2, 0.25) is 0 Å². The molecule has 0 amide bonds. The van der Waals surface area contributed by atoms with E-state index in [0.717, 1.165) is 11.3 Å². The first-order chi connectivity index (χ1) is 6.95. The highest BCUT2D eigenvalue weighted by molar-refractivity contribution is 7.13. The molecule has 0 aromatic carbocycles. The van der Waals surface area contributed by atoms with Crippen molar-refractivity contribution in [2.75, 3.05) is 6.61 Å². The van der Waals surface area contributed by atoms with E-state index in [4.69, 9.17) is 11.6 Å². The molecule has 1 aromatic heterocycles. The molecule has 0 bridgehead atoms. The standard InChI is InChI=1S/C6H5ClF4N2OS/c7-1-3-12-13-5(15-3)14-2-6(10,11)4(8)9/h4H,1-2H2. The first-order valence-corrected chi connectivity index (χ1v) is 4.98. The minimum Gasteiger partial charge on any atom is -0.462 e. The van der Waals surface area contributed by atoms with Crippen LogP contribution in [0.5, 0.6) is 5.19 Å². The predicted molar refractivity (Wildman–Crippen MR) is 45.9 cm³/mol. The lowest BCUT2D eigenvalue weighted by atomic mass is 10.4. The summed E-state index contributed by atoms with van der Waals surface area (Å²) in [5, 5.41) is 6.96. The van der Waals surface area contributed by atoms with Crippen LogP contribution in [0.3, 0.4) is 0 Å². The van der Waals surface area contributed by atoms with E-state index in [-0.39, 0.29) is 11.1 Å². The molecule has 0 atom stereocenters. The quantitative estimate of drug-likeness (QED) is 0.606. The molecule has 3 nitrogen and oxygen atoms in total. The van der Waals surface area contributed by atoms with Crippen molar-refractivity contribution >= 4 is 22.9 Å². The molecule has 0 saturated carbocycles. The van der Waals surface area contributed by atoms with Crippen LogP contribution in [0.1, 0.15) is 5.01 Å². The number of aromatic nitrogens is 2. The molecule has 0 aliphatic heterocycles. The molecule has 0 aliphatic rings. The summed E-state index contributed by atoms with van der Waals surface area (Å²) < 4.78 is 52.5. The van der Waals surface area contributed by atoms with E-state index in [2.05, 4.69) is 14.9 Å². The van der Waals surface area contributed by atoms with Gasteiger partial charge in [0.05, 0.1) is 5.88 Å². The Hall–Kier alpha value is -0.630. The summed E-state index contributed by atoms with van der Waals surface area (Å²) in [7, 11) is 0. The van der Waals surface area contributed by atoms with E-state index >= 15 is 0 Å². The fraction of sp³-hybridized carbons (Fsp3) is 0.667. The number of rotatable bonds is 5. The predicted octanol–water partition coefficient (Wildman–Crippen LogP) is 2.56. The normalized spacial score (nSPS) is 12.1. The fourth-order valence-electron chi connectivity index (χ4n) is 0.571. The van der Waals surface area contributed by atoms with Gasteiger partial charge in [-0.2, -0.15) is 8.78 Å². The first-order valence-electron chi connectivity index (χ1n) is 3.63. The van der Waals surface area contributed by atoms with E-state index in [1.807, 2.05) is 0 Å². The Kier molecular flexibility index (Phi) is 4.09. The van der Waals surface area contributed by atoms with Gasteiger partial charge in [0.2, 0.25) is 0 Å². The van der Waals surface area contributed by atoms with Crippen LogP contribution in [0.25, 0.3) is 0 Å². The van der Waals surface area contributed by atoms with Gasteiger partial charge in [-0.15, -0.1) is 21.8 Å². The topological polar surface area (TPSA) is 35.0 Å². The third-order valence-corrected chi connectivity index (χ3v) is 2.52. The molecule has 1 heterocycles. The van der Waals surface area contributed by atoms with Gasteiger partial charge in [-0.05, 0) is 0 Å². The second-order valence-electron chi connectivity index (χ2n) is 2.45. The first kappa shape index (κ1) is 12.4. The second-order valence-corrected chi connectivity index (χ2v) is 3.74. The lowest BCUT2D eigenvalue weighted by Crippen LogP contribution is -2.33. The van der Waals surface area contributed by atoms with Gasteiger partial charge in [0.1, 0.15) is 5.01 Å². The number of alkyl halides is 5. The van der Waals surface area contributed by atoms with Crippen LogP contribution in [-0.4, -0.2) is 29.2 Å². The highest BCUT2D eigenvalue weighted by atomic mass is 35.5. The van der Waals surface area contributed by atoms with Crippen LogP contribution >= 0.6 is 22.9 Å². The van der Waals surface area contributed by atoms with Crippen LogP contribution in [0.4, 0.5) is 17.6 Å². The van der Waals surface area contributed by atoms with Crippen molar-refractivity contribution in [2.24, 2.45) is 0 Å². The number of nitrogens with zero attached hydrogens (tertiary/aromatic N) is 2. The molecule has 15 heavy (non-hydrogen) atoms. The van der Waals surface area contributed by atoms with Crippen LogP contribution in [-0.2, 0) is 5.88 Å². The van der Waals surface area contributed by atoms with E-state index in [1.54, 1.807) is 0 Å². The van der Waals surface area contributed by atoms with Crippen molar-refractivity contribution in [3.8, 4) is 5.19 Å². The van der Waals surface area contributed by atoms with E-state index in [9.17, 15) is 17.6 Å². The number of halogens is 5. The molecule has 0 N–H and O–H groups in total. The van der Waals surface area contributed by atoms with Gasteiger partial charge in [-0.25, -0.2) is 8.78 Å². The van der Waals surface area contributed by atoms with E-state index < -0.39 is 19.0 Å². The molecule has 0 fully saturated rings. The molecule has 0 spiro atoms. The number of hydrogen-bond acceptors (Lipinski definition) is 4. The smallest absolute Gasteiger partial charge is 0.340 e. The monoisotopic (exact) mass is 264 g/mol. The summed E-state index contributed by atoms with van der Waals surface area (Å²) in [6, 6.07) is 0. The summed E-state index contributed by atoms with van der Waals surface area (Å²) in [6.07, 6.45) is -3.77. The zero-order valence-electron chi connectivity index (χ0n) is 7.09. The fourth-order valence-corrected chi connectivity index (χ4v) is 1.33. The van der Waals surface area contributed by atoms with Crippen LogP contribution < -0.4 is 4.74 Å². The SMILES string of the molecule is FC(F)C(F)(F)COc1nnc(CCl)s1. The van der Waals surface area contributed by atoms with Gasteiger partial charge < -0.3 is 4.74 Å². The molecule has 0 unspecified atom stereocenters. The second kappa shape index (κ2) is 4.93. The van der Waals surface area contributed by atoms with Gasteiger partial charge in [-0.1, -0.05) is 11.3 Å². The Morgan fingerprint density at radius 2 is 2.07 bits per heavy atom. The zero-order chi connectivity index (χ0) is 11.5. The lowest BCUT2D eigenvalue weighted by Gasteiger charge is -2.13. The summed E-state index contributed by atoms with van der Waals surface area (Å²) in [5.41, 5.74) is 0. The third-order valence-electron chi connectivity index (χ3n) is 1.27. The Morgan fingerprint density at radius 1 is 1.40 bits per heavy atom. The molecule has 86 valence electrons. The minimum absolute atomic E-state index is 0.0618. The van der Waals surface area contributed by atoms with Crippen LogP contribution in [0.15, 0.2) is 0 Å². The number of hydrogen-bond donors (Lipinski definition) is 0. The molecule has 9 heteroatoms. The summed E-state index contributed by atoms with van der Waals surface area (Å²) >= 11 is 6.20. The molecular formula is C6H5ClF4N2OS. The molecule has 1 rings (SSSR count). The largest absolute Gasteiger partial charge is 0.462 e. The highest BCUT2D eigenvalue weighted by Gasteiger charge is 2.42. The van der Waals surface area contributed by atoms with Crippen molar-refractivity contribution in [1.29, 1.82) is 0 Å². The van der Waals surface area contributed by atoms with Crippen LogP contribution in [0, 0.1) is 0 Å². The molecular weight excluding hydrogens is 260 g/mol. The van der Waals surface area contributed by atoms with Crippen molar-refractivity contribution in [3.63, 3.8) is 0 Å². The highest BCUT2D eigenvalue weighted by Crippen LogP contribution is 2.25. The molecule has 0 saturated heterocycles. The number of ether oxygens (including phenoxy) is 1. The molecule has 1 aromatic rings. The van der Waals surface area contributed by atoms with Crippen molar-refractivity contribution in [2.45, 2.75) is 18.2 Å². The Bertz CT molecular complexity index is 322. The van der Waals surface area contributed by atoms with Gasteiger partial charge in [-0.3, -0.25) is 0 Å². The van der Waals surface area contributed by atoms with E-state index in [1.165, 1.54) is 0 Å². The minimum atomic E-state index is -4.19. The Labute approximate surface area is 91.0 Å². The summed E-state index contributed by atoms with van der Waals surface area (Å²) in [5.74, 6) is -4.13. The van der Waals surface area contributed by atoms with Crippen molar-refractivity contribution in [1.82, 2.24) is 10.2 Å². The Morgan fingerprint density at radius 3 is 2.53 bits per heavy atom. The molecule has 0 aliphatic carbocycles. The summed E-state index contributed by atoms with van der Waals surface area (Å²) in [6.45, 7) is -1.43. The maximum atomic E-state index is 12.4. The maximum Gasteiger partial charge on any atom is 0.340 e. The lowest BCUT2D eigenvalue weighted by molar-refractivity contribution is -0.148. The van der Waals surface area contributed by atoms with Gasteiger partial charge in [0.15, 0.2) is 6.61 Å². The summed E-state index contributed by atoms with van der Waals surface area (Å²) in [4.78, 5) is 0. The van der Waals surface area contributed by atoms with Gasteiger partial charge in [0, 0.05) is 0 Å².